The summed E-state index contributed by atoms with van der Waals surface area (Å²) in [5.74, 6) is 0.729. The van der Waals surface area contributed by atoms with Crippen molar-refractivity contribution >= 4 is 16.8 Å². The van der Waals surface area contributed by atoms with Crippen LogP contribution in [0.4, 0.5) is 5.69 Å². The number of anilines is 1. The Morgan fingerprint density at radius 2 is 2.24 bits per heavy atom. The van der Waals surface area contributed by atoms with Crippen LogP contribution in [0.2, 0.25) is 0 Å². The number of aromatic nitrogens is 1. The van der Waals surface area contributed by atoms with Crippen LogP contribution in [0.5, 0.6) is 0 Å². The number of likely N-dealkylation sites (tertiary alicyclic amines) is 1. The smallest absolute Gasteiger partial charge is 0.192 e. The van der Waals surface area contributed by atoms with Gasteiger partial charge in [-0.25, -0.2) is 4.98 Å². The third-order valence-electron chi connectivity index (χ3n) is 4.23. The number of rotatable bonds is 4. The zero-order valence-electron chi connectivity index (χ0n) is 13.1. The van der Waals surface area contributed by atoms with Crippen LogP contribution in [-0.2, 0) is 0 Å². The molecule has 1 N–H and O–H groups in total. The van der Waals surface area contributed by atoms with Crippen LogP contribution in [0.15, 0.2) is 22.6 Å². The zero-order chi connectivity index (χ0) is 14.7. The lowest BCUT2D eigenvalue weighted by atomic mass is 10.1. The second kappa shape index (κ2) is 6.48. The van der Waals surface area contributed by atoms with Crippen molar-refractivity contribution in [3.8, 4) is 0 Å². The predicted octanol–water partition coefficient (Wildman–Crippen LogP) is 3.81. The summed E-state index contributed by atoms with van der Waals surface area (Å²) < 4.78 is 5.53. The van der Waals surface area contributed by atoms with E-state index >= 15 is 0 Å². The van der Waals surface area contributed by atoms with Gasteiger partial charge >= 0.3 is 0 Å². The summed E-state index contributed by atoms with van der Waals surface area (Å²) in [6, 6.07) is 6.78. The molecule has 0 amide bonds. The fourth-order valence-corrected chi connectivity index (χ4v) is 3.21. The highest BCUT2D eigenvalue weighted by molar-refractivity contribution is 5.77. The molecular formula is C17H25N3O. The highest BCUT2D eigenvalue weighted by Gasteiger charge is 2.16. The largest absolute Gasteiger partial charge is 0.441 e. The molecule has 0 bridgehead atoms. The number of nitrogens with zero attached hydrogens (tertiary/aromatic N) is 2. The number of aryl methyl sites for hydroxylation is 1. The van der Waals surface area contributed by atoms with Crippen molar-refractivity contribution in [2.45, 2.75) is 45.6 Å². The van der Waals surface area contributed by atoms with Gasteiger partial charge in [0.25, 0.3) is 0 Å². The molecule has 0 spiro atoms. The van der Waals surface area contributed by atoms with Crippen LogP contribution in [0.1, 0.15) is 38.5 Å². The minimum absolute atomic E-state index is 0.567. The van der Waals surface area contributed by atoms with E-state index in [1.54, 1.807) is 0 Å². The fraction of sp³-hybridized carbons (Fsp3) is 0.588. The van der Waals surface area contributed by atoms with E-state index in [1.165, 1.54) is 45.3 Å². The zero-order valence-corrected chi connectivity index (χ0v) is 13.1. The first kappa shape index (κ1) is 14.4. The Morgan fingerprint density at radius 1 is 1.33 bits per heavy atom. The molecule has 4 heteroatoms. The summed E-state index contributed by atoms with van der Waals surface area (Å²) in [7, 11) is 0. The summed E-state index contributed by atoms with van der Waals surface area (Å²) in [6.07, 6.45) is 5.00. The van der Waals surface area contributed by atoms with Crippen LogP contribution >= 0.6 is 0 Å². The molecule has 1 atom stereocenters. The molecule has 1 aliphatic rings. The van der Waals surface area contributed by atoms with Crippen LogP contribution in [-0.4, -0.2) is 35.6 Å². The number of nitrogens with one attached hydrogen (secondary N) is 1. The van der Waals surface area contributed by atoms with Gasteiger partial charge in [-0.2, -0.15) is 0 Å². The second-order valence-electron chi connectivity index (χ2n) is 6.03. The third kappa shape index (κ3) is 3.56. The van der Waals surface area contributed by atoms with Crippen molar-refractivity contribution < 1.29 is 4.42 Å². The van der Waals surface area contributed by atoms with Crippen molar-refractivity contribution in [2.75, 3.05) is 25.0 Å². The number of benzene rings is 1. The molecule has 2 aromatic rings. The summed E-state index contributed by atoms with van der Waals surface area (Å²) in [4.78, 5) is 7.00. The molecule has 2 heterocycles. The van der Waals surface area contributed by atoms with Crippen molar-refractivity contribution in [3.05, 3.63) is 24.1 Å². The maximum Gasteiger partial charge on any atom is 0.192 e. The Kier molecular flexibility index (Phi) is 4.44. The van der Waals surface area contributed by atoms with Gasteiger partial charge in [-0.1, -0.05) is 6.92 Å². The molecule has 0 radical (unpaired) electrons. The van der Waals surface area contributed by atoms with E-state index in [0.29, 0.717) is 6.04 Å². The maximum atomic E-state index is 5.53. The predicted molar refractivity (Wildman–Crippen MR) is 86.7 cm³/mol. The fourth-order valence-electron chi connectivity index (χ4n) is 3.21. The van der Waals surface area contributed by atoms with E-state index in [2.05, 4.69) is 34.3 Å². The molecular weight excluding hydrogens is 262 g/mol. The summed E-state index contributed by atoms with van der Waals surface area (Å²) >= 11 is 0. The van der Waals surface area contributed by atoms with Gasteiger partial charge in [-0.05, 0) is 57.0 Å². The van der Waals surface area contributed by atoms with Gasteiger partial charge in [0.05, 0.1) is 0 Å². The molecule has 1 unspecified atom stereocenters. The van der Waals surface area contributed by atoms with Crippen molar-refractivity contribution in [1.82, 2.24) is 9.88 Å². The van der Waals surface area contributed by atoms with E-state index in [-0.39, 0.29) is 0 Å². The standard InChI is InChI=1S/C17H25N3O/c1-3-9-20-10-4-5-14(8-11-20)19-15-6-7-17-16(12-15)18-13(2)21-17/h6-7,12,14,19H,3-5,8-11H2,1-2H3. The van der Waals surface area contributed by atoms with E-state index in [4.69, 9.17) is 4.42 Å². The first-order chi connectivity index (χ1) is 10.2. The minimum Gasteiger partial charge on any atom is -0.441 e. The number of oxazole rings is 1. The molecule has 1 aliphatic heterocycles. The van der Waals surface area contributed by atoms with Crippen LogP contribution in [0, 0.1) is 6.92 Å². The van der Waals surface area contributed by atoms with E-state index < -0.39 is 0 Å². The minimum atomic E-state index is 0.567. The van der Waals surface area contributed by atoms with Gasteiger partial charge in [-0.3, -0.25) is 0 Å². The molecule has 0 aliphatic carbocycles. The molecule has 1 saturated heterocycles. The van der Waals surface area contributed by atoms with Crippen molar-refractivity contribution in [1.29, 1.82) is 0 Å². The Balaban J connectivity index is 1.64. The molecule has 114 valence electrons. The maximum absolute atomic E-state index is 5.53. The highest BCUT2D eigenvalue weighted by Crippen LogP contribution is 2.22. The Labute approximate surface area is 126 Å². The summed E-state index contributed by atoms with van der Waals surface area (Å²) in [6.45, 7) is 7.83. The van der Waals surface area contributed by atoms with Crippen LogP contribution in [0.3, 0.4) is 0 Å². The van der Waals surface area contributed by atoms with E-state index in [1.807, 2.05) is 13.0 Å². The third-order valence-corrected chi connectivity index (χ3v) is 4.23. The lowest BCUT2D eigenvalue weighted by molar-refractivity contribution is 0.285. The molecule has 21 heavy (non-hydrogen) atoms. The molecule has 0 saturated carbocycles. The first-order valence-electron chi connectivity index (χ1n) is 8.10. The van der Waals surface area contributed by atoms with Crippen LogP contribution < -0.4 is 5.32 Å². The quantitative estimate of drug-likeness (QED) is 0.928. The average molecular weight is 287 g/mol. The van der Waals surface area contributed by atoms with Crippen LogP contribution in [0.25, 0.3) is 11.1 Å². The lowest BCUT2D eigenvalue weighted by Crippen LogP contribution is -2.27. The van der Waals surface area contributed by atoms with Crippen molar-refractivity contribution in [2.24, 2.45) is 0 Å². The molecule has 1 aromatic heterocycles. The molecule has 1 fully saturated rings. The number of fused-ring (bicyclic) bond motifs is 1. The number of hydrogen-bond acceptors (Lipinski definition) is 4. The van der Waals surface area contributed by atoms with Gasteiger partial charge < -0.3 is 14.6 Å². The molecule has 1 aromatic carbocycles. The Hall–Kier alpha value is -1.55. The Bertz CT molecular complexity index is 593. The van der Waals surface area contributed by atoms with Gasteiger partial charge in [-0.15, -0.1) is 0 Å². The first-order valence-corrected chi connectivity index (χ1v) is 8.10. The molecule has 4 nitrogen and oxygen atoms in total. The van der Waals surface area contributed by atoms with E-state index in [9.17, 15) is 0 Å². The number of hydrogen-bond donors (Lipinski definition) is 1. The summed E-state index contributed by atoms with van der Waals surface area (Å²) in [5.41, 5.74) is 2.97. The van der Waals surface area contributed by atoms with Gasteiger partial charge in [0.1, 0.15) is 5.52 Å². The molecule has 3 rings (SSSR count). The van der Waals surface area contributed by atoms with Crippen molar-refractivity contribution in [3.63, 3.8) is 0 Å². The van der Waals surface area contributed by atoms with Gasteiger partial charge in [0.15, 0.2) is 11.5 Å². The monoisotopic (exact) mass is 287 g/mol. The average Bonchev–Trinajstić information content (AvgIpc) is 2.69. The normalized spacial score (nSPS) is 20.6. The topological polar surface area (TPSA) is 41.3 Å². The lowest BCUT2D eigenvalue weighted by Gasteiger charge is -2.20. The van der Waals surface area contributed by atoms with Gasteiger partial charge in [0, 0.05) is 25.2 Å². The van der Waals surface area contributed by atoms with E-state index in [0.717, 1.165) is 22.7 Å². The van der Waals surface area contributed by atoms with Gasteiger partial charge in [0.2, 0.25) is 0 Å². The highest BCUT2D eigenvalue weighted by atomic mass is 16.3. The SMILES string of the molecule is CCCN1CCCC(Nc2ccc3oc(C)nc3c2)CC1. The summed E-state index contributed by atoms with van der Waals surface area (Å²) in [5, 5.41) is 3.68. The second-order valence-corrected chi connectivity index (χ2v) is 6.03. The Morgan fingerprint density at radius 3 is 3.10 bits per heavy atom.